The number of rotatable bonds is 8. The quantitative estimate of drug-likeness (QED) is 0.666. The van der Waals surface area contributed by atoms with Crippen LogP contribution in [0.15, 0.2) is 23.1 Å². The molecule has 1 N–H and O–H groups in total. The lowest BCUT2D eigenvalue weighted by Crippen LogP contribution is -2.43. The van der Waals surface area contributed by atoms with Crippen LogP contribution in [0.5, 0.6) is 11.5 Å². The van der Waals surface area contributed by atoms with E-state index in [4.69, 9.17) is 9.47 Å². The summed E-state index contributed by atoms with van der Waals surface area (Å²) in [5, 5.41) is 2.99. The zero-order valence-electron chi connectivity index (χ0n) is 16.5. The molecule has 2 heterocycles. The number of ether oxygens (including phenoxy) is 2. The molecule has 0 aliphatic carbocycles. The Morgan fingerprint density at radius 1 is 1.11 bits per heavy atom. The lowest BCUT2D eigenvalue weighted by molar-refractivity contribution is -0.126. The van der Waals surface area contributed by atoms with Gasteiger partial charge < -0.3 is 14.8 Å². The summed E-state index contributed by atoms with van der Waals surface area (Å²) in [5.41, 5.74) is 0. The average molecular weight is 411 g/mol. The highest BCUT2D eigenvalue weighted by Crippen LogP contribution is 2.34. The molecule has 2 aliphatic rings. The molecular formula is C20H30N2O5S. The Hall–Kier alpha value is -1.80. The van der Waals surface area contributed by atoms with Gasteiger partial charge in [0.05, 0.1) is 4.90 Å². The first-order valence-electron chi connectivity index (χ1n) is 10.2. The van der Waals surface area contributed by atoms with Crippen LogP contribution in [0.4, 0.5) is 0 Å². The third kappa shape index (κ3) is 4.97. The molecule has 1 saturated heterocycles. The number of hydrogen-bond acceptors (Lipinski definition) is 5. The molecule has 156 valence electrons. The van der Waals surface area contributed by atoms with Gasteiger partial charge in [0.2, 0.25) is 15.9 Å². The zero-order valence-corrected chi connectivity index (χ0v) is 17.3. The molecule has 3 rings (SSSR count). The van der Waals surface area contributed by atoms with Crippen LogP contribution in [0.2, 0.25) is 0 Å². The van der Waals surface area contributed by atoms with Gasteiger partial charge in [-0.3, -0.25) is 4.79 Å². The van der Waals surface area contributed by atoms with E-state index < -0.39 is 10.0 Å². The molecular weight excluding hydrogens is 380 g/mol. The number of amides is 1. The van der Waals surface area contributed by atoms with Crippen LogP contribution < -0.4 is 14.8 Å². The maximum Gasteiger partial charge on any atom is 0.243 e. The number of nitrogens with one attached hydrogen (secondary N) is 1. The molecule has 1 amide bonds. The smallest absolute Gasteiger partial charge is 0.243 e. The maximum absolute atomic E-state index is 13.0. The number of fused-ring (bicyclic) bond motifs is 1. The van der Waals surface area contributed by atoms with Crippen LogP contribution in [0, 0.1) is 5.92 Å². The lowest BCUT2D eigenvalue weighted by atomic mass is 9.97. The van der Waals surface area contributed by atoms with E-state index in [0.717, 1.165) is 12.8 Å². The van der Waals surface area contributed by atoms with Crippen molar-refractivity contribution in [3.05, 3.63) is 18.2 Å². The minimum Gasteiger partial charge on any atom is -0.486 e. The van der Waals surface area contributed by atoms with Gasteiger partial charge in [-0.15, -0.1) is 0 Å². The largest absolute Gasteiger partial charge is 0.486 e. The number of sulfonamides is 1. The van der Waals surface area contributed by atoms with E-state index in [9.17, 15) is 13.2 Å². The third-order valence-electron chi connectivity index (χ3n) is 5.31. The van der Waals surface area contributed by atoms with Crippen LogP contribution in [0.3, 0.4) is 0 Å². The molecule has 7 nitrogen and oxygen atoms in total. The summed E-state index contributed by atoms with van der Waals surface area (Å²) < 4.78 is 38.3. The summed E-state index contributed by atoms with van der Waals surface area (Å²) in [6.07, 6.45) is 5.57. The van der Waals surface area contributed by atoms with Crippen molar-refractivity contribution in [1.29, 1.82) is 0 Å². The first-order valence-corrected chi connectivity index (χ1v) is 11.6. The van der Waals surface area contributed by atoms with Crippen LogP contribution in [0.25, 0.3) is 0 Å². The summed E-state index contributed by atoms with van der Waals surface area (Å²) in [6, 6.07) is 4.72. The minimum absolute atomic E-state index is 0.0490. The lowest BCUT2D eigenvalue weighted by Gasteiger charge is -2.30. The Morgan fingerprint density at radius 3 is 2.54 bits per heavy atom. The van der Waals surface area contributed by atoms with Gasteiger partial charge in [-0.05, 0) is 31.4 Å². The van der Waals surface area contributed by atoms with Crippen LogP contribution >= 0.6 is 0 Å². The van der Waals surface area contributed by atoms with Gasteiger partial charge in [-0.1, -0.05) is 26.2 Å². The van der Waals surface area contributed by atoms with Gasteiger partial charge in [0, 0.05) is 31.6 Å². The number of benzene rings is 1. The second-order valence-corrected chi connectivity index (χ2v) is 9.27. The number of unbranched alkanes of at least 4 members (excludes halogenated alkanes) is 3. The molecule has 1 aromatic rings. The molecule has 1 fully saturated rings. The fourth-order valence-electron chi connectivity index (χ4n) is 3.60. The predicted molar refractivity (Wildman–Crippen MR) is 106 cm³/mol. The fourth-order valence-corrected chi connectivity index (χ4v) is 5.08. The van der Waals surface area contributed by atoms with E-state index in [1.165, 1.54) is 23.2 Å². The maximum atomic E-state index is 13.0. The second kappa shape index (κ2) is 9.60. The van der Waals surface area contributed by atoms with E-state index >= 15 is 0 Å². The van der Waals surface area contributed by atoms with Crippen LogP contribution in [0.1, 0.15) is 45.4 Å². The number of hydrogen-bond donors (Lipinski definition) is 1. The number of carbonyl (C=O) groups is 1. The van der Waals surface area contributed by atoms with Gasteiger partial charge in [-0.25, -0.2) is 8.42 Å². The van der Waals surface area contributed by atoms with Crippen molar-refractivity contribution in [3.8, 4) is 11.5 Å². The highest BCUT2D eigenvalue weighted by molar-refractivity contribution is 7.89. The van der Waals surface area contributed by atoms with E-state index in [-0.39, 0.29) is 16.7 Å². The zero-order chi connectivity index (χ0) is 20.0. The standard InChI is InChI=1S/C20H30N2O5S/c1-2-3-4-5-10-21-20(23)16-8-11-22(12-9-16)28(24,25)17-6-7-18-19(15-17)27-14-13-26-18/h6-7,15-16H,2-5,8-14H2,1H3,(H,21,23). The minimum atomic E-state index is -3.61. The molecule has 8 heteroatoms. The van der Waals surface area contributed by atoms with Crippen molar-refractivity contribution < 1.29 is 22.7 Å². The topological polar surface area (TPSA) is 84.9 Å². The van der Waals surface area contributed by atoms with E-state index in [1.807, 2.05) is 0 Å². The molecule has 28 heavy (non-hydrogen) atoms. The van der Waals surface area contributed by atoms with Crippen molar-refractivity contribution in [2.24, 2.45) is 5.92 Å². The van der Waals surface area contributed by atoms with Crippen molar-refractivity contribution in [2.75, 3.05) is 32.8 Å². The Labute approximate surface area is 167 Å². The molecule has 0 spiro atoms. The highest BCUT2D eigenvalue weighted by Gasteiger charge is 2.32. The molecule has 0 unspecified atom stereocenters. The summed E-state index contributed by atoms with van der Waals surface area (Å²) in [4.78, 5) is 12.5. The normalized spacial score (nSPS) is 18.0. The molecule has 0 radical (unpaired) electrons. The molecule has 1 aromatic carbocycles. The van der Waals surface area contributed by atoms with Gasteiger partial charge in [0.15, 0.2) is 11.5 Å². The number of carbonyl (C=O) groups excluding carboxylic acids is 1. The first kappa shape index (κ1) is 20.9. The molecule has 0 bridgehead atoms. The van der Waals surface area contributed by atoms with Crippen LogP contribution in [-0.2, 0) is 14.8 Å². The van der Waals surface area contributed by atoms with Crippen LogP contribution in [-0.4, -0.2) is 51.5 Å². The van der Waals surface area contributed by atoms with Gasteiger partial charge in [-0.2, -0.15) is 4.31 Å². The van der Waals surface area contributed by atoms with Crippen molar-refractivity contribution in [2.45, 2.75) is 50.3 Å². The molecule has 2 aliphatic heterocycles. The summed E-state index contributed by atoms with van der Waals surface area (Å²) in [6.45, 7) is 4.44. The molecule has 0 atom stereocenters. The fraction of sp³-hybridized carbons (Fsp3) is 0.650. The van der Waals surface area contributed by atoms with E-state index in [1.54, 1.807) is 12.1 Å². The highest BCUT2D eigenvalue weighted by atomic mass is 32.2. The Bertz CT molecular complexity index is 773. The Balaban J connectivity index is 1.53. The van der Waals surface area contributed by atoms with Crippen molar-refractivity contribution >= 4 is 15.9 Å². The van der Waals surface area contributed by atoms with Crippen molar-refractivity contribution in [1.82, 2.24) is 9.62 Å². The Morgan fingerprint density at radius 2 is 1.82 bits per heavy atom. The number of nitrogens with zero attached hydrogens (tertiary/aromatic N) is 1. The second-order valence-electron chi connectivity index (χ2n) is 7.34. The van der Waals surface area contributed by atoms with E-state index in [0.29, 0.717) is 57.2 Å². The summed E-state index contributed by atoms with van der Waals surface area (Å²) in [7, 11) is -3.61. The van der Waals surface area contributed by atoms with E-state index in [2.05, 4.69) is 12.2 Å². The van der Waals surface area contributed by atoms with Crippen molar-refractivity contribution in [3.63, 3.8) is 0 Å². The molecule has 0 saturated carbocycles. The third-order valence-corrected chi connectivity index (χ3v) is 7.20. The predicted octanol–water partition coefficient (Wildman–Crippen LogP) is 2.56. The first-order chi connectivity index (χ1) is 13.5. The van der Waals surface area contributed by atoms with Gasteiger partial charge >= 0.3 is 0 Å². The summed E-state index contributed by atoms with van der Waals surface area (Å²) in [5.74, 6) is 0.968. The number of piperidine rings is 1. The van der Waals surface area contributed by atoms with Gasteiger partial charge in [0.1, 0.15) is 13.2 Å². The molecule has 0 aromatic heterocycles. The monoisotopic (exact) mass is 410 g/mol. The Kier molecular flexibility index (Phi) is 7.18. The van der Waals surface area contributed by atoms with Gasteiger partial charge in [0.25, 0.3) is 0 Å². The SMILES string of the molecule is CCCCCCNC(=O)C1CCN(S(=O)(=O)c2ccc3c(c2)OCCO3)CC1. The average Bonchev–Trinajstić information content (AvgIpc) is 2.73. The summed E-state index contributed by atoms with van der Waals surface area (Å²) >= 11 is 0.